The minimum atomic E-state index is -4.40. The van der Waals surface area contributed by atoms with Crippen molar-refractivity contribution in [2.75, 3.05) is 13.2 Å². The van der Waals surface area contributed by atoms with Crippen LogP contribution in [0.5, 0.6) is 0 Å². The fourth-order valence-electron chi connectivity index (χ4n) is 1.72. The van der Waals surface area contributed by atoms with Crippen molar-refractivity contribution in [2.24, 2.45) is 0 Å². The van der Waals surface area contributed by atoms with E-state index in [1.54, 1.807) is 5.06 Å². The Morgan fingerprint density at radius 1 is 1.47 bits per heavy atom. The molecule has 0 saturated carbocycles. The van der Waals surface area contributed by atoms with E-state index in [1.807, 2.05) is 6.92 Å². The molecule has 1 aliphatic rings. The molecule has 0 N–H and O–H groups in total. The molecule has 106 valence electrons. The summed E-state index contributed by atoms with van der Waals surface area (Å²) < 4.78 is 38.1. The molecule has 1 atom stereocenters. The monoisotopic (exact) mass is 358 g/mol. The van der Waals surface area contributed by atoms with E-state index < -0.39 is 16.4 Å². The molecule has 3 nitrogen and oxygen atoms in total. The van der Waals surface area contributed by atoms with Gasteiger partial charge in [-0.3, -0.25) is 4.84 Å². The van der Waals surface area contributed by atoms with Gasteiger partial charge in [0.05, 0.1) is 12.2 Å². The fourth-order valence-corrected chi connectivity index (χ4v) is 2.53. The van der Waals surface area contributed by atoms with Crippen LogP contribution in [-0.2, 0) is 15.6 Å². The highest BCUT2D eigenvalue weighted by molar-refractivity contribution is 9.09. The van der Waals surface area contributed by atoms with Gasteiger partial charge < -0.3 is 0 Å². The van der Waals surface area contributed by atoms with Gasteiger partial charge in [-0.05, 0) is 39.8 Å². The number of hydrogen-bond donors (Lipinski definition) is 0. The zero-order valence-corrected chi connectivity index (χ0v) is 12.3. The first kappa shape index (κ1) is 15.1. The molecule has 1 aliphatic heterocycles. The highest BCUT2D eigenvalue weighted by Gasteiger charge is 2.46. The summed E-state index contributed by atoms with van der Waals surface area (Å²) in [6.45, 7) is 2.70. The van der Waals surface area contributed by atoms with E-state index in [-0.39, 0.29) is 12.2 Å². The molecule has 1 saturated heterocycles. The van der Waals surface area contributed by atoms with Crippen molar-refractivity contribution in [2.45, 2.75) is 17.7 Å². The van der Waals surface area contributed by atoms with E-state index in [0.717, 1.165) is 12.1 Å². The summed E-state index contributed by atoms with van der Waals surface area (Å²) in [5, 5.41) is 1.54. The van der Waals surface area contributed by atoms with Crippen molar-refractivity contribution < 1.29 is 18.0 Å². The van der Waals surface area contributed by atoms with Crippen LogP contribution in [0.4, 0.5) is 13.2 Å². The Kier molecular flexibility index (Phi) is 4.13. The van der Waals surface area contributed by atoms with Gasteiger partial charge in [0.2, 0.25) is 4.63 Å². The lowest BCUT2D eigenvalue weighted by atomic mass is 10.1. The number of alkyl halides is 4. The summed E-state index contributed by atoms with van der Waals surface area (Å²) in [5.74, 6) is 0. The molecule has 2 rings (SSSR count). The number of benzene rings is 1. The second-order valence-corrected chi connectivity index (χ2v) is 5.52. The van der Waals surface area contributed by atoms with Crippen LogP contribution >= 0.6 is 27.7 Å². The molecule has 0 aromatic heterocycles. The van der Waals surface area contributed by atoms with Gasteiger partial charge in [-0.1, -0.05) is 19.1 Å². The van der Waals surface area contributed by atoms with Gasteiger partial charge in [0.25, 0.3) is 0 Å². The minimum Gasteiger partial charge on any atom is -0.257 e. The SMILES string of the molecule is CCN1CN(Cl)C(Br)(c2cccc(C(F)(F)F)c2)O1. The van der Waals surface area contributed by atoms with Crippen LogP contribution in [0.15, 0.2) is 24.3 Å². The van der Waals surface area contributed by atoms with E-state index in [1.165, 1.54) is 16.6 Å². The van der Waals surface area contributed by atoms with Crippen molar-refractivity contribution in [3.8, 4) is 0 Å². The Labute approximate surface area is 122 Å². The lowest BCUT2D eigenvalue weighted by Gasteiger charge is -2.26. The summed E-state index contributed by atoms with van der Waals surface area (Å²) >= 11 is 9.30. The summed E-state index contributed by atoms with van der Waals surface area (Å²) in [4.78, 5) is 5.54. The van der Waals surface area contributed by atoms with Gasteiger partial charge in [-0.15, -0.1) is 0 Å². The summed E-state index contributed by atoms with van der Waals surface area (Å²) in [7, 11) is 0. The molecular formula is C11H11BrClF3N2O. The molecular weight excluding hydrogens is 348 g/mol. The highest BCUT2D eigenvalue weighted by atomic mass is 79.9. The molecule has 0 amide bonds. The lowest BCUT2D eigenvalue weighted by Crippen LogP contribution is -2.30. The van der Waals surface area contributed by atoms with Crippen molar-refractivity contribution >= 4 is 27.7 Å². The predicted octanol–water partition coefficient (Wildman–Crippen LogP) is 3.89. The van der Waals surface area contributed by atoms with E-state index >= 15 is 0 Å². The average molecular weight is 360 g/mol. The van der Waals surface area contributed by atoms with Crippen molar-refractivity contribution in [1.29, 1.82) is 0 Å². The van der Waals surface area contributed by atoms with Crippen molar-refractivity contribution in [1.82, 2.24) is 9.48 Å². The number of nitrogens with zero attached hydrogens (tertiary/aromatic N) is 2. The average Bonchev–Trinajstić information content (AvgIpc) is 2.66. The first-order valence-corrected chi connectivity index (χ1v) is 6.64. The minimum absolute atomic E-state index is 0.277. The quantitative estimate of drug-likeness (QED) is 0.453. The third kappa shape index (κ3) is 2.90. The molecule has 1 aromatic rings. The molecule has 1 unspecified atom stereocenters. The second kappa shape index (κ2) is 5.21. The standard InChI is InChI=1S/C11H11BrClF3N2O/c1-2-17-7-18(13)10(12,19-17)8-4-3-5-9(6-8)11(14,15)16/h3-6H,2,7H2,1H3. The molecule has 1 aromatic carbocycles. The van der Waals surface area contributed by atoms with Gasteiger partial charge in [0, 0.05) is 12.1 Å². The molecule has 0 bridgehead atoms. The van der Waals surface area contributed by atoms with Crippen molar-refractivity contribution in [3.05, 3.63) is 35.4 Å². The van der Waals surface area contributed by atoms with Crippen LogP contribution in [0.25, 0.3) is 0 Å². The van der Waals surface area contributed by atoms with Crippen LogP contribution in [-0.4, -0.2) is 22.7 Å². The van der Waals surface area contributed by atoms with Crippen LogP contribution in [0.2, 0.25) is 0 Å². The molecule has 19 heavy (non-hydrogen) atoms. The zero-order valence-electron chi connectivity index (χ0n) is 9.92. The first-order valence-electron chi connectivity index (χ1n) is 5.51. The molecule has 0 radical (unpaired) electrons. The third-order valence-electron chi connectivity index (χ3n) is 2.74. The summed E-state index contributed by atoms with van der Waals surface area (Å²) in [5.41, 5.74) is -0.458. The zero-order chi connectivity index (χ0) is 14.3. The number of hydrogen-bond acceptors (Lipinski definition) is 3. The van der Waals surface area contributed by atoms with E-state index in [2.05, 4.69) is 15.9 Å². The van der Waals surface area contributed by atoms with Gasteiger partial charge in [0.1, 0.15) is 0 Å². The van der Waals surface area contributed by atoms with Gasteiger partial charge >= 0.3 is 6.18 Å². The van der Waals surface area contributed by atoms with Gasteiger partial charge in [0.15, 0.2) is 0 Å². The molecule has 8 heteroatoms. The lowest BCUT2D eigenvalue weighted by molar-refractivity contribution is -0.162. The molecule has 1 heterocycles. The number of rotatable bonds is 2. The largest absolute Gasteiger partial charge is 0.416 e. The van der Waals surface area contributed by atoms with Crippen LogP contribution in [0.1, 0.15) is 18.1 Å². The second-order valence-electron chi connectivity index (χ2n) is 4.03. The van der Waals surface area contributed by atoms with Crippen molar-refractivity contribution in [3.63, 3.8) is 0 Å². The maximum Gasteiger partial charge on any atom is 0.416 e. The molecule has 0 spiro atoms. The Balaban J connectivity index is 2.36. The number of halogens is 5. The fraction of sp³-hybridized carbons (Fsp3) is 0.455. The molecule has 1 fully saturated rings. The van der Waals surface area contributed by atoms with Crippen LogP contribution in [0, 0.1) is 0 Å². The normalized spacial score (nSPS) is 26.0. The van der Waals surface area contributed by atoms with Crippen LogP contribution in [0.3, 0.4) is 0 Å². The predicted molar refractivity (Wildman–Crippen MR) is 68.1 cm³/mol. The Morgan fingerprint density at radius 2 is 2.16 bits per heavy atom. The number of hydroxylamine groups is 2. The Hall–Kier alpha value is -0.340. The van der Waals surface area contributed by atoms with Crippen LogP contribution < -0.4 is 0 Å². The summed E-state index contributed by atoms with van der Waals surface area (Å²) in [6, 6.07) is 4.87. The van der Waals surface area contributed by atoms with E-state index in [9.17, 15) is 13.2 Å². The topological polar surface area (TPSA) is 15.7 Å². The van der Waals surface area contributed by atoms with Gasteiger partial charge in [-0.2, -0.15) is 22.7 Å². The van der Waals surface area contributed by atoms with E-state index in [4.69, 9.17) is 16.6 Å². The third-order valence-corrected chi connectivity index (χ3v) is 4.32. The molecule has 0 aliphatic carbocycles. The van der Waals surface area contributed by atoms with Gasteiger partial charge in [-0.25, -0.2) is 0 Å². The highest BCUT2D eigenvalue weighted by Crippen LogP contribution is 2.44. The maximum absolute atomic E-state index is 12.7. The Bertz CT molecular complexity index is 473. The van der Waals surface area contributed by atoms with E-state index in [0.29, 0.717) is 6.54 Å². The smallest absolute Gasteiger partial charge is 0.257 e. The Morgan fingerprint density at radius 3 is 2.68 bits per heavy atom. The maximum atomic E-state index is 12.7. The summed E-state index contributed by atoms with van der Waals surface area (Å²) in [6.07, 6.45) is -4.40. The first-order chi connectivity index (χ1) is 8.77.